The van der Waals surface area contributed by atoms with E-state index in [0.29, 0.717) is 17.7 Å². The number of amides is 3. The van der Waals surface area contributed by atoms with Crippen molar-refractivity contribution in [1.82, 2.24) is 0 Å². The number of hydrogen-bond donors (Lipinski definition) is 1. The third kappa shape index (κ3) is 4.23. The number of carbonyl (C=O) groups is 4. The SMILES string of the molecule is Cc1ccc(NC(=O)COC(=O)c2ccc(N3C(=O)[C@@H]4[C@H]5C[C@@H]([C@H](Cl)[C@@H]5Cl)[C@@H]4C3=O)cc2)cc1[N+](=O)[O-]. The minimum absolute atomic E-state index is 0.114. The molecule has 2 bridgehead atoms. The van der Waals surface area contributed by atoms with Crippen LogP contribution in [0.15, 0.2) is 42.5 Å². The molecule has 0 unspecified atom stereocenters. The van der Waals surface area contributed by atoms with E-state index in [2.05, 4.69) is 5.32 Å². The van der Waals surface area contributed by atoms with E-state index in [9.17, 15) is 29.3 Å². The summed E-state index contributed by atoms with van der Waals surface area (Å²) in [4.78, 5) is 62.4. The molecular weight excluding hydrogens is 525 g/mol. The maximum atomic E-state index is 13.1. The first-order valence-corrected chi connectivity index (χ1v) is 12.4. The van der Waals surface area contributed by atoms with Crippen molar-refractivity contribution in [2.24, 2.45) is 23.7 Å². The molecule has 12 heteroatoms. The number of esters is 1. The zero-order valence-electron chi connectivity index (χ0n) is 19.4. The van der Waals surface area contributed by atoms with Gasteiger partial charge in [-0.15, -0.1) is 23.2 Å². The van der Waals surface area contributed by atoms with Gasteiger partial charge >= 0.3 is 5.97 Å². The summed E-state index contributed by atoms with van der Waals surface area (Å²) in [7, 11) is 0. The Hall–Kier alpha value is -3.50. The van der Waals surface area contributed by atoms with Gasteiger partial charge in [-0.2, -0.15) is 0 Å². The zero-order valence-corrected chi connectivity index (χ0v) is 20.9. The second kappa shape index (κ2) is 9.42. The zero-order chi connectivity index (χ0) is 26.6. The van der Waals surface area contributed by atoms with Gasteiger partial charge in [-0.1, -0.05) is 6.07 Å². The molecule has 2 aromatic rings. The predicted octanol–water partition coefficient (Wildman–Crippen LogP) is 3.67. The van der Waals surface area contributed by atoms with Crippen LogP contribution in [0.25, 0.3) is 0 Å². The molecule has 6 atom stereocenters. The number of imide groups is 1. The largest absolute Gasteiger partial charge is 0.452 e. The van der Waals surface area contributed by atoms with Crippen molar-refractivity contribution in [3.05, 3.63) is 63.7 Å². The van der Waals surface area contributed by atoms with Crippen molar-refractivity contribution < 1.29 is 28.8 Å². The summed E-state index contributed by atoms with van der Waals surface area (Å²) in [5.41, 5.74) is 0.935. The van der Waals surface area contributed by atoms with Crippen LogP contribution in [0, 0.1) is 40.7 Å². The van der Waals surface area contributed by atoms with Gasteiger partial charge in [0.05, 0.1) is 38.8 Å². The fourth-order valence-electron chi connectivity index (χ4n) is 5.65. The molecule has 3 amide bonds. The highest BCUT2D eigenvalue weighted by atomic mass is 35.5. The summed E-state index contributed by atoms with van der Waals surface area (Å²) in [5.74, 6) is -3.30. The molecule has 192 valence electrons. The molecule has 37 heavy (non-hydrogen) atoms. The normalized spacial score (nSPS) is 27.8. The summed E-state index contributed by atoms with van der Waals surface area (Å²) in [5, 5.41) is 12.8. The lowest BCUT2D eigenvalue weighted by atomic mass is 9.80. The number of benzene rings is 2. The summed E-state index contributed by atoms with van der Waals surface area (Å²) < 4.78 is 5.03. The predicted molar refractivity (Wildman–Crippen MR) is 134 cm³/mol. The Bertz CT molecular complexity index is 1300. The Kier molecular flexibility index (Phi) is 6.41. The van der Waals surface area contributed by atoms with Gasteiger partial charge in [0.2, 0.25) is 11.8 Å². The minimum atomic E-state index is -0.791. The highest BCUT2D eigenvalue weighted by molar-refractivity contribution is 6.32. The number of carbonyl (C=O) groups excluding carboxylic acids is 4. The first-order chi connectivity index (χ1) is 17.6. The van der Waals surface area contributed by atoms with Crippen molar-refractivity contribution >= 4 is 64.0 Å². The molecule has 0 spiro atoms. The first kappa shape index (κ1) is 25.2. The number of nitro groups is 1. The van der Waals surface area contributed by atoms with E-state index in [4.69, 9.17) is 27.9 Å². The number of fused-ring (bicyclic) bond motifs is 5. The van der Waals surface area contributed by atoms with Gasteiger partial charge in [0.15, 0.2) is 6.61 Å². The molecule has 3 aliphatic rings. The second-order valence-corrected chi connectivity index (χ2v) is 10.5. The Morgan fingerprint density at radius 1 is 1.05 bits per heavy atom. The van der Waals surface area contributed by atoms with E-state index in [1.807, 2.05) is 0 Å². The van der Waals surface area contributed by atoms with Gasteiger partial charge in [0, 0.05) is 17.3 Å². The van der Waals surface area contributed by atoms with Gasteiger partial charge in [-0.3, -0.25) is 29.4 Å². The monoisotopic (exact) mass is 545 g/mol. The topological polar surface area (TPSA) is 136 Å². The van der Waals surface area contributed by atoms with Crippen LogP contribution in [-0.2, 0) is 19.1 Å². The third-order valence-electron chi connectivity index (χ3n) is 7.37. The number of rotatable bonds is 6. The molecule has 5 rings (SSSR count). The number of ether oxygens (including phenoxy) is 1. The summed E-state index contributed by atoms with van der Waals surface area (Å²) in [6.45, 7) is 0.961. The number of hydrogen-bond acceptors (Lipinski definition) is 7. The molecule has 3 fully saturated rings. The Balaban J connectivity index is 1.20. The molecule has 0 aromatic heterocycles. The molecule has 1 saturated heterocycles. The second-order valence-electron chi connectivity index (χ2n) is 9.45. The Morgan fingerprint density at radius 3 is 2.22 bits per heavy atom. The highest BCUT2D eigenvalue weighted by Gasteiger charge is 2.66. The van der Waals surface area contributed by atoms with Crippen LogP contribution >= 0.6 is 23.2 Å². The fourth-order valence-corrected chi connectivity index (χ4v) is 6.54. The number of halogens is 2. The number of anilines is 2. The average molecular weight is 546 g/mol. The van der Waals surface area contributed by atoms with Crippen LogP contribution in [0.1, 0.15) is 22.3 Å². The molecular formula is C25H21Cl2N3O7. The molecule has 1 aliphatic heterocycles. The Morgan fingerprint density at radius 2 is 1.65 bits per heavy atom. The van der Waals surface area contributed by atoms with Crippen LogP contribution in [0.3, 0.4) is 0 Å². The maximum Gasteiger partial charge on any atom is 0.338 e. The molecule has 0 radical (unpaired) electrons. The number of nitrogens with one attached hydrogen (secondary N) is 1. The van der Waals surface area contributed by atoms with Crippen LogP contribution in [0.5, 0.6) is 0 Å². The number of nitrogens with zero attached hydrogens (tertiary/aromatic N) is 2. The van der Waals surface area contributed by atoms with E-state index in [1.54, 1.807) is 6.92 Å². The lowest BCUT2D eigenvalue weighted by Gasteiger charge is -2.28. The number of nitro benzene ring substituents is 1. The smallest absolute Gasteiger partial charge is 0.338 e. The van der Waals surface area contributed by atoms with Crippen molar-refractivity contribution in [3.63, 3.8) is 0 Å². The average Bonchev–Trinajstić information content (AvgIpc) is 3.48. The minimum Gasteiger partial charge on any atom is -0.452 e. The van der Waals surface area contributed by atoms with Gasteiger partial charge in [-0.25, -0.2) is 4.79 Å². The molecule has 1 N–H and O–H groups in total. The first-order valence-electron chi connectivity index (χ1n) is 11.6. The van der Waals surface area contributed by atoms with Gasteiger partial charge in [0.25, 0.3) is 11.6 Å². The van der Waals surface area contributed by atoms with E-state index in [0.717, 1.165) is 4.90 Å². The van der Waals surface area contributed by atoms with E-state index in [1.165, 1.54) is 42.5 Å². The molecule has 10 nitrogen and oxygen atoms in total. The molecule has 2 saturated carbocycles. The van der Waals surface area contributed by atoms with Crippen molar-refractivity contribution in [3.8, 4) is 0 Å². The van der Waals surface area contributed by atoms with Gasteiger partial charge < -0.3 is 10.1 Å². The third-order valence-corrected chi connectivity index (χ3v) is 8.69. The summed E-state index contributed by atoms with van der Waals surface area (Å²) in [6.07, 6.45) is 0.669. The molecule has 1 heterocycles. The molecule has 2 aliphatic carbocycles. The maximum absolute atomic E-state index is 13.1. The standard InChI is InChI=1S/C25H21Cl2N3O7/c1-11-2-5-13(8-17(11)30(35)36)28-18(31)10-37-25(34)12-3-6-14(7-4-12)29-23(32)19-15-9-16(20(19)24(29)33)22(27)21(15)26/h2-8,15-16,19-22H,9-10H2,1H3,(H,28,31)/t15-,16-,19-,20+,21-,22+/m1/s1. The van der Waals surface area contributed by atoms with E-state index >= 15 is 0 Å². The van der Waals surface area contributed by atoms with Crippen LogP contribution in [-0.4, -0.2) is 46.0 Å². The Labute approximate surface area is 221 Å². The summed E-state index contributed by atoms with van der Waals surface area (Å²) >= 11 is 12.8. The lowest BCUT2D eigenvalue weighted by Crippen LogP contribution is -2.37. The quantitative estimate of drug-likeness (QED) is 0.192. The summed E-state index contributed by atoms with van der Waals surface area (Å²) in [6, 6.07) is 9.95. The van der Waals surface area contributed by atoms with Gasteiger partial charge in [0.1, 0.15) is 0 Å². The van der Waals surface area contributed by atoms with Crippen LogP contribution in [0.2, 0.25) is 0 Å². The van der Waals surface area contributed by atoms with Crippen LogP contribution < -0.4 is 10.2 Å². The van der Waals surface area contributed by atoms with Crippen LogP contribution in [0.4, 0.5) is 17.1 Å². The molecule has 2 aromatic carbocycles. The highest BCUT2D eigenvalue weighted by Crippen LogP contribution is 2.59. The lowest BCUT2D eigenvalue weighted by molar-refractivity contribution is -0.385. The fraction of sp³-hybridized carbons (Fsp3) is 0.360. The van der Waals surface area contributed by atoms with Gasteiger partial charge in [-0.05, 0) is 55.5 Å². The van der Waals surface area contributed by atoms with Crippen molar-refractivity contribution in [2.45, 2.75) is 24.1 Å². The number of aryl methyl sites for hydroxylation is 1. The number of alkyl halides is 2. The van der Waals surface area contributed by atoms with Crippen molar-refractivity contribution in [1.29, 1.82) is 0 Å². The van der Waals surface area contributed by atoms with E-state index < -0.39 is 35.2 Å². The van der Waals surface area contributed by atoms with E-state index in [-0.39, 0.29) is 51.3 Å². The van der Waals surface area contributed by atoms with Crippen molar-refractivity contribution in [2.75, 3.05) is 16.8 Å².